The van der Waals surface area contributed by atoms with Crippen molar-refractivity contribution < 1.29 is 9.53 Å². The highest BCUT2D eigenvalue weighted by Gasteiger charge is 2.18. The van der Waals surface area contributed by atoms with E-state index in [1.54, 1.807) is 4.90 Å². The van der Waals surface area contributed by atoms with Crippen molar-refractivity contribution in [2.75, 3.05) is 26.2 Å². The quantitative estimate of drug-likeness (QED) is 0.863. The van der Waals surface area contributed by atoms with Crippen LogP contribution in [0.1, 0.15) is 31.2 Å². The Labute approximate surface area is 126 Å². The number of carbonyl (C=O) groups is 1. The van der Waals surface area contributed by atoms with Gasteiger partial charge in [0.05, 0.1) is 18.3 Å². The molecule has 1 aromatic rings. The highest BCUT2D eigenvalue weighted by molar-refractivity contribution is 5.77. The van der Waals surface area contributed by atoms with Crippen LogP contribution in [0, 0.1) is 6.92 Å². The maximum absolute atomic E-state index is 12.3. The Kier molecular flexibility index (Phi) is 6.14. The SMILES string of the molecule is CCN(Cc1cccc(C)n1)C(=O)COC1CCNCC1. The average molecular weight is 291 g/mol. The van der Waals surface area contributed by atoms with Gasteiger partial charge in [0.25, 0.3) is 0 Å². The zero-order valence-electron chi connectivity index (χ0n) is 13.0. The molecule has 0 aromatic carbocycles. The molecule has 0 spiro atoms. The van der Waals surface area contributed by atoms with Crippen LogP contribution >= 0.6 is 0 Å². The van der Waals surface area contributed by atoms with Crippen LogP contribution in [-0.4, -0.2) is 48.1 Å². The molecule has 5 nitrogen and oxygen atoms in total. The molecule has 2 rings (SSSR count). The first kappa shape index (κ1) is 15.9. The second-order valence-electron chi connectivity index (χ2n) is 5.44. The largest absolute Gasteiger partial charge is 0.368 e. The van der Waals surface area contributed by atoms with Gasteiger partial charge >= 0.3 is 0 Å². The molecule has 0 atom stereocenters. The minimum Gasteiger partial charge on any atom is -0.368 e. The molecule has 1 aromatic heterocycles. The molecule has 1 fully saturated rings. The molecule has 2 heterocycles. The standard InChI is InChI=1S/C16H25N3O2/c1-3-19(11-14-6-4-5-13(2)18-14)16(20)12-21-15-7-9-17-10-8-15/h4-6,15,17H,3,7-12H2,1-2H3. The Morgan fingerprint density at radius 1 is 1.43 bits per heavy atom. The molecule has 5 heteroatoms. The number of ether oxygens (including phenoxy) is 1. The number of likely N-dealkylation sites (N-methyl/N-ethyl adjacent to an activating group) is 1. The lowest BCUT2D eigenvalue weighted by molar-refractivity contribution is -0.139. The summed E-state index contributed by atoms with van der Waals surface area (Å²) in [6.45, 7) is 7.29. The topological polar surface area (TPSA) is 54.5 Å². The lowest BCUT2D eigenvalue weighted by atomic mass is 10.1. The third-order valence-corrected chi connectivity index (χ3v) is 3.76. The normalized spacial score (nSPS) is 15.9. The van der Waals surface area contributed by atoms with E-state index in [4.69, 9.17) is 4.74 Å². The second kappa shape index (κ2) is 8.10. The van der Waals surface area contributed by atoms with Gasteiger partial charge in [0.15, 0.2) is 0 Å². The predicted molar refractivity (Wildman–Crippen MR) is 81.9 cm³/mol. The Morgan fingerprint density at radius 2 is 2.19 bits per heavy atom. The fourth-order valence-corrected chi connectivity index (χ4v) is 2.50. The van der Waals surface area contributed by atoms with Crippen LogP contribution in [0.25, 0.3) is 0 Å². The Hall–Kier alpha value is -1.46. The fourth-order valence-electron chi connectivity index (χ4n) is 2.50. The summed E-state index contributed by atoms with van der Waals surface area (Å²) in [5.74, 6) is 0.0411. The summed E-state index contributed by atoms with van der Waals surface area (Å²) in [7, 11) is 0. The van der Waals surface area contributed by atoms with Crippen molar-refractivity contribution in [3.05, 3.63) is 29.6 Å². The van der Waals surface area contributed by atoms with Crippen molar-refractivity contribution in [2.24, 2.45) is 0 Å². The highest BCUT2D eigenvalue weighted by Crippen LogP contribution is 2.09. The summed E-state index contributed by atoms with van der Waals surface area (Å²) in [5, 5.41) is 3.29. The number of rotatable bonds is 6. The molecule has 0 bridgehead atoms. The van der Waals surface area contributed by atoms with E-state index in [1.165, 1.54) is 0 Å². The summed E-state index contributed by atoms with van der Waals surface area (Å²) in [6.07, 6.45) is 2.18. The van der Waals surface area contributed by atoms with Crippen LogP contribution in [0.4, 0.5) is 0 Å². The second-order valence-corrected chi connectivity index (χ2v) is 5.44. The molecule has 0 unspecified atom stereocenters. The molecule has 1 aliphatic rings. The molecule has 21 heavy (non-hydrogen) atoms. The van der Waals surface area contributed by atoms with Gasteiger partial charge in [0.1, 0.15) is 6.61 Å². The molecule has 1 amide bonds. The van der Waals surface area contributed by atoms with Crippen LogP contribution in [-0.2, 0) is 16.1 Å². The molecule has 1 saturated heterocycles. The van der Waals surface area contributed by atoms with Gasteiger partial charge in [0.2, 0.25) is 5.91 Å². The lowest BCUT2D eigenvalue weighted by Crippen LogP contribution is -2.37. The van der Waals surface area contributed by atoms with E-state index in [9.17, 15) is 4.79 Å². The van der Waals surface area contributed by atoms with Crippen LogP contribution in [0.15, 0.2) is 18.2 Å². The number of hydrogen-bond donors (Lipinski definition) is 1. The first-order valence-electron chi connectivity index (χ1n) is 7.71. The van der Waals surface area contributed by atoms with Crippen LogP contribution in [0.2, 0.25) is 0 Å². The summed E-state index contributed by atoms with van der Waals surface area (Å²) >= 11 is 0. The minimum atomic E-state index is 0.0411. The molecule has 0 radical (unpaired) electrons. The van der Waals surface area contributed by atoms with Gasteiger partial charge in [0, 0.05) is 12.2 Å². The average Bonchev–Trinajstić information content (AvgIpc) is 2.51. The van der Waals surface area contributed by atoms with Gasteiger partial charge in [-0.25, -0.2) is 0 Å². The molecule has 0 saturated carbocycles. The van der Waals surface area contributed by atoms with Gasteiger partial charge in [-0.05, 0) is 51.9 Å². The first-order chi connectivity index (χ1) is 10.2. The first-order valence-corrected chi connectivity index (χ1v) is 7.71. The van der Waals surface area contributed by atoms with E-state index in [-0.39, 0.29) is 18.6 Å². The number of carbonyl (C=O) groups excluding carboxylic acids is 1. The van der Waals surface area contributed by atoms with Crippen molar-refractivity contribution >= 4 is 5.91 Å². The third-order valence-electron chi connectivity index (χ3n) is 3.76. The number of pyridine rings is 1. The van der Waals surface area contributed by atoms with E-state index in [1.807, 2.05) is 32.0 Å². The monoisotopic (exact) mass is 291 g/mol. The van der Waals surface area contributed by atoms with E-state index in [0.717, 1.165) is 37.3 Å². The van der Waals surface area contributed by atoms with E-state index in [0.29, 0.717) is 13.1 Å². The smallest absolute Gasteiger partial charge is 0.248 e. The van der Waals surface area contributed by atoms with Crippen molar-refractivity contribution in [1.29, 1.82) is 0 Å². The molecule has 116 valence electrons. The summed E-state index contributed by atoms with van der Waals surface area (Å²) in [5.41, 5.74) is 1.90. The van der Waals surface area contributed by atoms with Crippen LogP contribution in [0.5, 0.6) is 0 Å². The maximum atomic E-state index is 12.3. The number of nitrogens with zero attached hydrogens (tertiary/aromatic N) is 2. The molecule has 0 aliphatic carbocycles. The van der Waals surface area contributed by atoms with Gasteiger partial charge in [-0.1, -0.05) is 6.07 Å². The summed E-state index contributed by atoms with van der Waals surface area (Å²) < 4.78 is 5.74. The van der Waals surface area contributed by atoms with E-state index >= 15 is 0 Å². The fraction of sp³-hybridized carbons (Fsp3) is 0.625. The summed E-state index contributed by atoms with van der Waals surface area (Å²) in [4.78, 5) is 18.5. The zero-order valence-corrected chi connectivity index (χ0v) is 13.0. The number of hydrogen-bond acceptors (Lipinski definition) is 4. The Bertz CT molecular complexity index is 459. The lowest BCUT2D eigenvalue weighted by Gasteiger charge is -2.25. The molecular formula is C16H25N3O2. The number of piperidine rings is 1. The van der Waals surface area contributed by atoms with Gasteiger partial charge in [-0.3, -0.25) is 9.78 Å². The third kappa shape index (κ3) is 5.10. The molecular weight excluding hydrogens is 266 g/mol. The Balaban J connectivity index is 1.83. The number of aromatic nitrogens is 1. The number of amides is 1. The highest BCUT2D eigenvalue weighted by atomic mass is 16.5. The van der Waals surface area contributed by atoms with Crippen molar-refractivity contribution in [1.82, 2.24) is 15.2 Å². The number of nitrogens with one attached hydrogen (secondary N) is 1. The number of aryl methyl sites for hydroxylation is 1. The molecule has 1 N–H and O–H groups in total. The zero-order chi connectivity index (χ0) is 15.1. The Morgan fingerprint density at radius 3 is 2.86 bits per heavy atom. The van der Waals surface area contributed by atoms with Gasteiger partial charge < -0.3 is 15.0 Å². The van der Waals surface area contributed by atoms with Gasteiger partial charge in [-0.2, -0.15) is 0 Å². The minimum absolute atomic E-state index is 0.0411. The van der Waals surface area contributed by atoms with Crippen LogP contribution < -0.4 is 5.32 Å². The van der Waals surface area contributed by atoms with Crippen molar-refractivity contribution in [3.8, 4) is 0 Å². The maximum Gasteiger partial charge on any atom is 0.248 e. The van der Waals surface area contributed by atoms with Gasteiger partial charge in [-0.15, -0.1) is 0 Å². The van der Waals surface area contributed by atoms with E-state index in [2.05, 4.69) is 10.3 Å². The van der Waals surface area contributed by atoms with Crippen molar-refractivity contribution in [2.45, 2.75) is 39.3 Å². The van der Waals surface area contributed by atoms with Crippen LogP contribution in [0.3, 0.4) is 0 Å². The van der Waals surface area contributed by atoms with Crippen molar-refractivity contribution in [3.63, 3.8) is 0 Å². The molecule has 1 aliphatic heterocycles. The predicted octanol–water partition coefficient (Wildman–Crippen LogP) is 1.51. The summed E-state index contributed by atoms with van der Waals surface area (Å²) in [6, 6.07) is 5.89. The van der Waals surface area contributed by atoms with E-state index < -0.39 is 0 Å².